The van der Waals surface area contributed by atoms with E-state index in [1.807, 2.05) is 13.8 Å². The van der Waals surface area contributed by atoms with Crippen molar-refractivity contribution in [3.05, 3.63) is 40.8 Å². The summed E-state index contributed by atoms with van der Waals surface area (Å²) in [5.74, 6) is 0.515. The lowest BCUT2D eigenvalue weighted by atomic mass is 10.0. The van der Waals surface area contributed by atoms with Crippen LogP contribution in [-0.2, 0) is 0 Å². The Kier molecular flexibility index (Phi) is 7.43. The Labute approximate surface area is 164 Å². The maximum Gasteiger partial charge on any atom is 0.275 e. The molecule has 8 nitrogen and oxygen atoms in total. The van der Waals surface area contributed by atoms with Crippen molar-refractivity contribution in [3.8, 4) is 11.5 Å². The number of rotatable bonds is 8. The highest BCUT2D eigenvalue weighted by molar-refractivity contribution is 6.00. The standard InChI is InChI=1S/C20H27N3O5/c1-6-7-10-27-15-9-8-14(11-16(15)26-5)19(24)21-22-20(25)17-13(4)23-28-18(17)12(2)3/h8-9,11-12H,6-7,10H2,1-5H3,(H,21,24)(H,22,25). The summed E-state index contributed by atoms with van der Waals surface area (Å²) < 4.78 is 16.2. The van der Waals surface area contributed by atoms with Crippen LogP contribution in [-0.4, -0.2) is 30.7 Å². The van der Waals surface area contributed by atoms with Crippen molar-refractivity contribution in [2.45, 2.75) is 46.5 Å². The Morgan fingerprint density at radius 2 is 1.89 bits per heavy atom. The zero-order valence-electron chi connectivity index (χ0n) is 16.9. The second-order valence-electron chi connectivity index (χ2n) is 6.64. The van der Waals surface area contributed by atoms with Gasteiger partial charge >= 0.3 is 0 Å². The number of hydrazine groups is 1. The quantitative estimate of drug-likeness (QED) is 0.530. The van der Waals surface area contributed by atoms with Gasteiger partial charge in [0.15, 0.2) is 17.3 Å². The van der Waals surface area contributed by atoms with E-state index >= 15 is 0 Å². The highest BCUT2D eigenvalue weighted by atomic mass is 16.5. The summed E-state index contributed by atoms with van der Waals surface area (Å²) in [6, 6.07) is 4.84. The van der Waals surface area contributed by atoms with E-state index < -0.39 is 11.8 Å². The number of hydrogen-bond acceptors (Lipinski definition) is 6. The van der Waals surface area contributed by atoms with Crippen molar-refractivity contribution in [3.63, 3.8) is 0 Å². The monoisotopic (exact) mass is 389 g/mol. The van der Waals surface area contributed by atoms with E-state index in [0.717, 1.165) is 12.8 Å². The number of nitrogens with one attached hydrogen (secondary N) is 2. The molecule has 2 amide bonds. The molecule has 2 N–H and O–H groups in total. The zero-order chi connectivity index (χ0) is 20.7. The van der Waals surface area contributed by atoms with Crippen LogP contribution in [0, 0.1) is 6.92 Å². The smallest absolute Gasteiger partial charge is 0.275 e. The van der Waals surface area contributed by atoms with E-state index in [1.54, 1.807) is 25.1 Å². The lowest BCUT2D eigenvalue weighted by molar-refractivity contribution is 0.0844. The lowest BCUT2D eigenvalue weighted by Crippen LogP contribution is -2.42. The van der Waals surface area contributed by atoms with Gasteiger partial charge in [0, 0.05) is 11.5 Å². The molecule has 28 heavy (non-hydrogen) atoms. The number of amides is 2. The number of ether oxygens (including phenoxy) is 2. The largest absolute Gasteiger partial charge is 0.493 e. The van der Waals surface area contributed by atoms with Crippen LogP contribution in [0.1, 0.15) is 71.7 Å². The third kappa shape index (κ3) is 5.03. The molecule has 0 aliphatic rings. The van der Waals surface area contributed by atoms with Crippen LogP contribution in [0.25, 0.3) is 0 Å². The molecule has 0 bridgehead atoms. The van der Waals surface area contributed by atoms with Gasteiger partial charge in [0.1, 0.15) is 5.56 Å². The van der Waals surface area contributed by atoms with Gasteiger partial charge in [0.2, 0.25) is 0 Å². The molecule has 0 saturated carbocycles. The Bertz CT molecular complexity index is 829. The maximum absolute atomic E-state index is 12.4. The second-order valence-corrected chi connectivity index (χ2v) is 6.64. The predicted octanol–water partition coefficient (Wildman–Crippen LogP) is 3.37. The SMILES string of the molecule is CCCCOc1ccc(C(=O)NNC(=O)c2c(C)noc2C(C)C)cc1OC. The Morgan fingerprint density at radius 1 is 1.18 bits per heavy atom. The molecule has 2 aromatic rings. The molecule has 0 atom stereocenters. The van der Waals surface area contributed by atoms with Gasteiger partial charge in [-0.25, -0.2) is 0 Å². The molecule has 0 spiro atoms. The van der Waals surface area contributed by atoms with E-state index in [-0.39, 0.29) is 5.92 Å². The minimum atomic E-state index is -0.484. The van der Waals surface area contributed by atoms with E-state index in [2.05, 4.69) is 22.9 Å². The minimum Gasteiger partial charge on any atom is -0.493 e. The molecule has 152 valence electrons. The van der Waals surface area contributed by atoms with Crippen molar-refractivity contribution in [2.75, 3.05) is 13.7 Å². The predicted molar refractivity (Wildman–Crippen MR) is 104 cm³/mol. The zero-order valence-corrected chi connectivity index (χ0v) is 16.9. The molecule has 0 fully saturated rings. The molecule has 8 heteroatoms. The van der Waals surface area contributed by atoms with Gasteiger partial charge in [-0.1, -0.05) is 32.3 Å². The van der Waals surface area contributed by atoms with Crippen molar-refractivity contribution in [1.29, 1.82) is 0 Å². The number of unbranched alkanes of at least 4 members (excludes halogenated alkanes) is 1. The van der Waals surface area contributed by atoms with Crippen molar-refractivity contribution < 1.29 is 23.6 Å². The van der Waals surface area contributed by atoms with Gasteiger partial charge in [-0.3, -0.25) is 20.4 Å². The van der Waals surface area contributed by atoms with E-state index in [1.165, 1.54) is 7.11 Å². The lowest BCUT2D eigenvalue weighted by Gasteiger charge is -2.12. The van der Waals surface area contributed by atoms with Crippen molar-refractivity contribution >= 4 is 11.8 Å². The normalized spacial score (nSPS) is 10.6. The summed E-state index contributed by atoms with van der Waals surface area (Å²) in [6.45, 7) is 8.12. The number of carbonyl (C=O) groups is 2. The van der Waals surface area contributed by atoms with E-state index in [9.17, 15) is 9.59 Å². The second kappa shape index (κ2) is 9.77. The molecular weight excluding hydrogens is 362 g/mol. The van der Waals surface area contributed by atoms with Crippen LogP contribution >= 0.6 is 0 Å². The molecule has 1 aromatic heterocycles. The number of aryl methyl sites for hydroxylation is 1. The molecular formula is C20H27N3O5. The van der Waals surface area contributed by atoms with Gasteiger partial charge in [0.25, 0.3) is 11.8 Å². The summed E-state index contributed by atoms with van der Waals surface area (Å²) in [6.07, 6.45) is 1.95. The average molecular weight is 389 g/mol. The van der Waals surface area contributed by atoms with E-state index in [0.29, 0.717) is 40.7 Å². The van der Waals surface area contributed by atoms with Gasteiger partial charge in [-0.15, -0.1) is 0 Å². The number of methoxy groups -OCH3 is 1. The molecule has 0 saturated heterocycles. The highest BCUT2D eigenvalue weighted by Gasteiger charge is 2.23. The number of benzene rings is 1. The van der Waals surface area contributed by atoms with Gasteiger partial charge < -0.3 is 14.0 Å². The summed E-state index contributed by atoms with van der Waals surface area (Å²) in [4.78, 5) is 24.8. The molecule has 0 aliphatic heterocycles. The van der Waals surface area contributed by atoms with Crippen LogP contribution in [0.2, 0.25) is 0 Å². The minimum absolute atomic E-state index is 0.0119. The third-order valence-corrected chi connectivity index (χ3v) is 4.11. The van der Waals surface area contributed by atoms with Crippen LogP contribution in [0.5, 0.6) is 11.5 Å². The van der Waals surface area contributed by atoms with Crippen LogP contribution < -0.4 is 20.3 Å². The molecule has 2 rings (SSSR count). The molecule has 0 unspecified atom stereocenters. The number of carbonyl (C=O) groups excluding carboxylic acids is 2. The van der Waals surface area contributed by atoms with Crippen molar-refractivity contribution in [1.82, 2.24) is 16.0 Å². The molecule has 1 aromatic carbocycles. The van der Waals surface area contributed by atoms with Gasteiger partial charge in [-0.05, 0) is 31.5 Å². The first-order chi connectivity index (χ1) is 13.4. The molecule has 0 aliphatic carbocycles. The maximum atomic E-state index is 12.4. The molecule has 0 radical (unpaired) electrons. The first-order valence-corrected chi connectivity index (χ1v) is 9.26. The summed E-state index contributed by atoms with van der Waals surface area (Å²) in [5.41, 5.74) is 5.92. The summed E-state index contributed by atoms with van der Waals surface area (Å²) in [5, 5.41) is 3.83. The Hall–Kier alpha value is -3.03. The molecule has 1 heterocycles. The Morgan fingerprint density at radius 3 is 2.54 bits per heavy atom. The average Bonchev–Trinajstić information content (AvgIpc) is 3.08. The fourth-order valence-corrected chi connectivity index (χ4v) is 2.56. The van der Waals surface area contributed by atoms with Crippen molar-refractivity contribution in [2.24, 2.45) is 0 Å². The first-order valence-electron chi connectivity index (χ1n) is 9.26. The highest BCUT2D eigenvalue weighted by Crippen LogP contribution is 2.28. The fraction of sp³-hybridized carbons (Fsp3) is 0.450. The van der Waals surface area contributed by atoms with Gasteiger partial charge in [0.05, 0.1) is 19.4 Å². The topological polar surface area (TPSA) is 103 Å². The van der Waals surface area contributed by atoms with Crippen LogP contribution in [0.4, 0.5) is 0 Å². The number of aromatic nitrogens is 1. The van der Waals surface area contributed by atoms with Crippen LogP contribution in [0.15, 0.2) is 22.7 Å². The Balaban J connectivity index is 2.05. The van der Waals surface area contributed by atoms with E-state index in [4.69, 9.17) is 14.0 Å². The number of nitrogens with zero attached hydrogens (tertiary/aromatic N) is 1. The fourth-order valence-electron chi connectivity index (χ4n) is 2.56. The third-order valence-electron chi connectivity index (χ3n) is 4.11. The summed E-state index contributed by atoms with van der Waals surface area (Å²) >= 11 is 0. The van der Waals surface area contributed by atoms with Gasteiger partial charge in [-0.2, -0.15) is 0 Å². The van der Waals surface area contributed by atoms with Crippen LogP contribution in [0.3, 0.4) is 0 Å². The summed E-state index contributed by atoms with van der Waals surface area (Å²) in [7, 11) is 1.51. The first kappa shape index (κ1) is 21.3. The number of hydrogen-bond donors (Lipinski definition) is 2.